The molecule has 0 radical (unpaired) electrons. The summed E-state index contributed by atoms with van der Waals surface area (Å²) in [7, 11) is 1.58. The van der Waals surface area contributed by atoms with Crippen LogP contribution in [0.2, 0.25) is 0 Å². The van der Waals surface area contributed by atoms with Gasteiger partial charge in [0.2, 0.25) is 0 Å². The lowest BCUT2D eigenvalue weighted by molar-refractivity contribution is 0.0945. The number of amides is 1. The summed E-state index contributed by atoms with van der Waals surface area (Å²) in [5.74, 6) is 0.778. The van der Waals surface area contributed by atoms with Crippen molar-refractivity contribution in [2.24, 2.45) is 11.7 Å². The molecular weight excluding hydrogens is 228 g/mol. The molecule has 1 aromatic rings. The molecule has 0 spiro atoms. The smallest absolute Gasteiger partial charge is 0.255 e. The lowest BCUT2D eigenvalue weighted by Crippen LogP contribution is -2.31. The van der Waals surface area contributed by atoms with Gasteiger partial charge in [0, 0.05) is 6.54 Å². The molecule has 0 aliphatic heterocycles. The van der Waals surface area contributed by atoms with E-state index in [2.05, 4.69) is 5.32 Å². The number of nitrogens with one attached hydrogen (secondary N) is 1. The highest BCUT2D eigenvalue weighted by molar-refractivity contribution is 5.98. The second-order valence-electron chi connectivity index (χ2n) is 4.71. The summed E-state index contributed by atoms with van der Waals surface area (Å²) in [6.07, 6.45) is 0. The Balaban J connectivity index is 2.91. The van der Waals surface area contributed by atoms with Gasteiger partial charge in [0.25, 0.3) is 5.91 Å². The lowest BCUT2D eigenvalue weighted by Gasteiger charge is -2.14. The normalized spacial score (nSPS) is 12.1. The molecule has 0 heterocycles. The Hall–Kier alpha value is -1.55. The minimum atomic E-state index is -0.107. The summed E-state index contributed by atoms with van der Waals surface area (Å²) < 4.78 is 5.28. The molecule has 4 heteroatoms. The average molecular weight is 250 g/mol. The first-order valence-electron chi connectivity index (χ1n) is 6.13. The first-order chi connectivity index (χ1) is 8.49. The van der Waals surface area contributed by atoms with Gasteiger partial charge in [-0.1, -0.05) is 13.0 Å². The van der Waals surface area contributed by atoms with Gasteiger partial charge in [0.15, 0.2) is 0 Å². The van der Waals surface area contributed by atoms with Crippen LogP contribution in [0.3, 0.4) is 0 Å². The monoisotopic (exact) mass is 250 g/mol. The first kappa shape index (κ1) is 14.5. The number of carbonyl (C=O) groups is 1. The van der Waals surface area contributed by atoms with Crippen LogP contribution in [0, 0.1) is 19.8 Å². The van der Waals surface area contributed by atoms with Gasteiger partial charge in [-0.3, -0.25) is 4.79 Å². The molecule has 18 heavy (non-hydrogen) atoms. The third-order valence-electron chi connectivity index (χ3n) is 2.90. The van der Waals surface area contributed by atoms with Crippen molar-refractivity contribution in [3.63, 3.8) is 0 Å². The SMILES string of the molecule is COc1cc(C)cc(C)c1C(=O)NCC(C)CN. The Morgan fingerprint density at radius 1 is 1.44 bits per heavy atom. The summed E-state index contributed by atoms with van der Waals surface area (Å²) in [6.45, 7) is 7.03. The molecule has 0 aliphatic rings. The number of rotatable bonds is 5. The molecule has 0 saturated carbocycles. The number of carbonyl (C=O) groups excluding carboxylic acids is 1. The van der Waals surface area contributed by atoms with Crippen LogP contribution in [0.4, 0.5) is 0 Å². The molecule has 0 bridgehead atoms. The Kier molecular flexibility index (Phi) is 5.16. The molecule has 1 aromatic carbocycles. The minimum absolute atomic E-state index is 0.107. The van der Waals surface area contributed by atoms with Crippen LogP contribution in [0.25, 0.3) is 0 Å². The summed E-state index contributed by atoms with van der Waals surface area (Å²) >= 11 is 0. The van der Waals surface area contributed by atoms with Crippen molar-refractivity contribution in [2.45, 2.75) is 20.8 Å². The maximum absolute atomic E-state index is 12.1. The Morgan fingerprint density at radius 3 is 2.67 bits per heavy atom. The van der Waals surface area contributed by atoms with Crippen molar-refractivity contribution in [3.05, 3.63) is 28.8 Å². The fourth-order valence-corrected chi connectivity index (χ4v) is 1.82. The summed E-state index contributed by atoms with van der Waals surface area (Å²) in [5, 5.41) is 2.89. The molecule has 0 aromatic heterocycles. The van der Waals surface area contributed by atoms with Gasteiger partial charge in [-0.2, -0.15) is 0 Å². The van der Waals surface area contributed by atoms with Crippen LogP contribution >= 0.6 is 0 Å². The molecule has 0 fully saturated rings. The molecule has 4 nitrogen and oxygen atoms in total. The zero-order valence-corrected chi connectivity index (χ0v) is 11.5. The Bertz CT molecular complexity index is 430. The van der Waals surface area contributed by atoms with Crippen LogP contribution < -0.4 is 15.8 Å². The van der Waals surface area contributed by atoms with E-state index in [0.717, 1.165) is 11.1 Å². The van der Waals surface area contributed by atoms with Crippen LogP contribution in [0.5, 0.6) is 5.75 Å². The van der Waals surface area contributed by atoms with Gasteiger partial charge in [-0.05, 0) is 43.5 Å². The van der Waals surface area contributed by atoms with Gasteiger partial charge in [0.05, 0.1) is 12.7 Å². The number of nitrogens with two attached hydrogens (primary N) is 1. The van der Waals surface area contributed by atoms with E-state index in [1.807, 2.05) is 32.9 Å². The predicted octanol–water partition coefficient (Wildman–Crippen LogP) is 1.64. The van der Waals surface area contributed by atoms with Gasteiger partial charge >= 0.3 is 0 Å². The lowest BCUT2D eigenvalue weighted by atomic mass is 10.0. The maximum Gasteiger partial charge on any atom is 0.255 e. The predicted molar refractivity (Wildman–Crippen MR) is 73.0 cm³/mol. The number of hydrogen-bond donors (Lipinski definition) is 2. The van der Waals surface area contributed by atoms with Crippen molar-refractivity contribution in [3.8, 4) is 5.75 Å². The fourth-order valence-electron chi connectivity index (χ4n) is 1.82. The summed E-state index contributed by atoms with van der Waals surface area (Å²) in [6, 6.07) is 3.85. The van der Waals surface area contributed by atoms with Crippen LogP contribution in [-0.2, 0) is 0 Å². The van der Waals surface area contributed by atoms with E-state index < -0.39 is 0 Å². The zero-order chi connectivity index (χ0) is 13.7. The van der Waals surface area contributed by atoms with E-state index in [-0.39, 0.29) is 11.8 Å². The molecule has 1 atom stereocenters. The van der Waals surface area contributed by atoms with E-state index in [9.17, 15) is 4.79 Å². The highest BCUT2D eigenvalue weighted by Gasteiger charge is 2.16. The van der Waals surface area contributed by atoms with E-state index in [0.29, 0.717) is 24.4 Å². The molecule has 3 N–H and O–H groups in total. The zero-order valence-electron chi connectivity index (χ0n) is 11.5. The third kappa shape index (κ3) is 3.47. The minimum Gasteiger partial charge on any atom is -0.496 e. The van der Waals surface area contributed by atoms with Crippen molar-refractivity contribution in [2.75, 3.05) is 20.2 Å². The molecule has 100 valence electrons. The molecule has 1 amide bonds. The molecule has 0 saturated heterocycles. The van der Waals surface area contributed by atoms with Crippen molar-refractivity contribution in [1.82, 2.24) is 5.32 Å². The Morgan fingerprint density at radius 2 is 2.11 bits per heavy atom. The van der Waals surface area contributed by atoms with E-state index in [1.54, 1.807) is 7.11 Å². The first-order valence-corrected chi connectivity index (χ1v) is 6.13. The van der Waals surface area contributed by atoms with Crippen LogP contribution in [-0.4, -0.2) is 26.1 Å². The second kappa shape index (κ2) is 6.40. The molecule has 1 rings (SSSR count). The summed E-state index contributed by atoms with van der Waals surface area (Å²) in [5.41, 5.74) is 8.13. The molecule has 1 unspecified atom stereocenters. The highest BCUT2D eigenvalue weighted by Crippen LogP contribution is 2.23. The number of aryl methyl sites for hydroxylation is 2. The van der Waals surface area contributed by atoms with Crippen molar-refractivity contribution < 1.29 is 9.53 Å². The fraction of sp³-hybridized carbons (Fsp3) is 0.500. The van der Waals surface area contributed by atoms with Gasteiger partial charge in [-0.25, -0.2) is 0 Å². The number of methoxy groups -OCH3 is 1. The topological polar surface area (TPSA) is 64.3 Å². The van der Waals surface area contributed by atoms with E-state index >= 15 is 0 Å². The second-order valence-corrected chi connectivity index (χ2v) is 4.71. The van der Waals surface area contributed by atoms with Gasteiger partial charge in [0.1, 0.15) is 5.75 Å². The molecular formula is C14H22N2O2. The number of hydrogen-bond acceptors (Lipinski definition) is 3. The van der Waals surface area contributed by atoms with E-state index in [4.69, 9.17) is 10.5 Å². The van der Waals surface area contributed by atoms with Gasteiger partial charge in [-0.15, -0.1) is 0 Å². The molecule has 0 aliphatic carbocycles. The van der Waals surface area contributed by atoms with Crippen molar-refractivity contribution >= 4 is 5.91 Å². The quantitative estimate of drug-likeness (QED) is 0.835. The number of ether oxygens (including phenoxy) is 1. The van der Waals surface area contributed by atoms with Crippen molar-refractivity contribution in [1.29, 1.82) is 0 Å². The van der Waals surface area contributed by atoms with E-state index in [1.165, 1.54) is 0 Å². The summed E-state index contributed by atoms with van der Waals surface area (Å²) in [4.78, 5) is 12.1. The van der Waals surface area contributed by atoms with Crippen LogP contribution in [0.1, 0.15) is 28.4 Å². The maximum atomic E-state index is 12.1. The van der Waals surface area contributed by atoms with Gasteiger partial charge < -0.3 is 15.8 Å². The Labute approximate surface area is 109 Å². The number of benzene rings is 1. The largest absolute Gasteiger partial charge is 0.496 e. The third-order valence-corrected chi connectivity index (χ3v) is 2.90. The standard InChI is InChI=1S/C14H22N2O2/c1-9-5-11(3)13(12(6-9)18-4)14(17)16-8-10(2)7-15/h5-6,10H,7-8,15H2,1-4H3,(H,16,17). The van der Waals surface area contributed by atoms with Crippen LogP contribution in [0.15, 0.2) is 12.1 Å². The highest BCUT2D eigenvalue weighted by atomic mass is 16.5. The average Bonchev–Trinajstić information content (AvgIpc) is 2.34.